The van der Waals surface area contributed by atoms with Crippen LogP contribution in [0.25, 0.3) is 0 Å². The number of urea groups is 1. The number of hydrogen-bond acceptors (Lipinski definition) is 5. The fourth-order valence-corrected chi connectivity index (χ4v) is 4.31. The Kier molecular flexibility index (Phi) is 5.10. The fraction of sp³-hybridized carbons (Fsp3) is 0.615. The number of nitrogens with one attached hydrogen (secondary N) is 1. The Morgan fingerprint density at radius 2 is 2.29 bits per heavy atom. The number of nitrogens with zero attached hydrogens (tertiary/aromatic N) is 2. The van der Waals surface area contributed by atoms with E-state index >= 15 is 0 Å². The lowest BCUT2D eigenvalue weighted by molar-refractivity contribution is -0.141. The number of carbonyl (C=O) groups is 2. The lowest BCUT2D eigenvalue weighted by Gasteiger charge is -2.26. The molecule has 2 N–H and O–H groups in total. The lowest BCUT2D eigenvalue weighted by atomic mass is 10.2. The van der Waals surface area contributed by atoms with Gasteiger partial charge in [-0.25, -0.2) is 14.6 Å². The third kappa shape index (κ3) is 3.49. The Hall–Kier alpha value is -1.28. The van der Waals surface area contributed by atoms with Crippen molar-refractivity contribution in [3.05, 3.63) is 11.1 Å². The topological polar surface area (TPSA) is 82.5 Å². The first-order valence-corrected chi connectivity index (χ1v) is 8.76. The van der Waals surface area contributed by atoms with Gasteiger partial charge < -0.3 is 5.11 Å². The van der Waals surface area contributed by atoms with Crippen molar-refractivity contribution in [1.82, 2.24) is 9.88 Å². The van der Waals surface area contributed by atoms with E-state index in [2.05, 4.69) is 10.3 Å². The number of aromatic nitrogens is 1. The zero-order valence-electron chi connectivity index (χ0n) is 12.2. The molecule has 1 fully saturated rings. The summed E-state index contributed by atoms with van der Waals surface area (Å²) in [7, 11) is 0. The van der Waals surface area contributed by atoms with E-state index in [9.17, 15) is 14.7 Å². The average Bonchev–Trinajstić information content (AvgIpc) is 3.03. The minimum Gasteiger partial charge on any atom is -0.480 e. The summed E-state index contributed by atoms with van der Waals surface area (Å²) in [5, 5.41) is 14.3. The summed E-state index contributed by atoms with van der Waals surface area (Å²) >= 11 is 2.86. The zero-order chi connectivity index (χ0) is 15.6. The standard InChI is InChI=1S/C13H19N3O3S2/c1-4-10-16(9(6-20-10)11(17)18)13(19)15-12-14-8(5-21-12)7(2)3/h5,7,9-10H,4,6H2,1-3H3,(H,17,18)(H,14,15,19). The van der Waals surface area contributed by atoms with Gasteiger partial charge in [0.2, 0.25) is 0 Å². The number of rotatable bonds is 4. The average molecular weight is 329 g/mol. The summed E-state index contributed by atoms with van der Waals surface area (Å²) in [6, 6.07) is -1.16. The Balaban J connectivity index is 2.11. The summed E-state index contributed by atoms with van der Waals surface area (Å²) in [6.07, 6.45) is 0.719. The smallest absolute Gasteiger partial charge is 0.327 e. The molecule has 2 heterocycles. The molecule has 6 nitrogen and oxygen atoms in total. The predicted octanol–water partition coefficient (Wildman–Crippen LogP) is 3.04. The first kappa shape index (κ1) is 16.1. The van der Waals surface area contributed by atoms with E-state index in [0.717, 1.165) is 12.1 Å². The largest absolute Gasteiger partial charge is 0.480 e. The van der Waals surface area contributed by atoms with Crippen molar-refractivity contribution in [3.8, 4) is 0 Å². The summed E-state index contributed by atoms with van der Waals surface area (Å²) < 4.78 is 0. The molecule has 1 saturated heterocycles. The van der Waals surface area contributed by atoms with E-state index in [4.69, 9.17) is 0 Å². The molecule has 0 aromatic carbocycles. The molecule has 8 heteroatoms. The van der Waals surface area contributed by atoms with Crippen LogP contribution in [0.15, 0.2) is 5.38 Å². The van der Waals surface area contributed by atoms with Crippen LogP contribution in [-0.2, 0) is 4.79 Å². The van der Waals surface area contributed by atoms with Crippen molar-refractivity contribution in [1.29, 1.82) is 0 Å². The van der Waals surface area contributed by atoms with Gasteiger partial charge in [-0.3, -0.25) is 10.2 Å². The van der Waals surface area contributed by atoms with E-state index in [1.165, 1.54) is 28.0 Å². The molecule has 0 bridgehead atoms. The van der Waals surface area contributed by atoms with Gasteiger partial charge in [0.05, 0.1) is 11.1 Å². The van der Waals surface area contributed by atoms with Crippen LogP contribution >= 0.6 is 23.1 Å². The van der Waals surface area contributed by atoms with Gasteiger partial charge in [0, 0.05) is 11.1 Å². The number of hydrogen-bond donors (Lipinski definition) is 2. The van der Waals surface area contributed by atoms with Gasteiger partial charge in [0.1, 0.15) is 6.04 Å². The van der Waals surface area contributed by atoms with Crippen LogP contribution in [-0.4, -0.2) is 44.2 Å². The van der Waals surface area contributed by atoms with E-state index < -0.39 is 12.0 Å². The highest BCUT2D eigenvalue weighted by molar-refractivity contribution is 8.00. The van der Waals surface area contributed by atoms with E-state index in [-0.39, 0.29) is 11.4 Å². The van der Waals surface area contributed by atoms with Crippen molar-refractivity contribution >= 4 is 40.2 Å². The molecule has 1 aliphatic rings. The number of thiazole rings is 1. The number of anilines is 1. The number of thioether (sulfide) groups is 1. The van der Waals surface area contributed by atoms with Crippen LogP contribution in [0, 0.1) is 0 Å². The van der Waals surface area contributed by atoms with Gasteiger partial charge in [0.25, 0.3) is 0 Å². The summed E-state index contributed by atoms with van der Waals surface area (Å²) in [4.78, 5) is 29.4. The molecule has 2 unspecified atom stereocenters. The van der Waals surface area contributed by atoms with Gasteiger partial charge in [-0.05, 0) is 12.3 Å². The maximum absolute atomic E-state index is 12.4. The number of aliphatic carboxylic acids is 1. The highest BCUT2D eigenvalue weighted by Gasteiger charge is 2.41. The van der Waals surface area contributed by atoms with Gasteiger partial charge in [-0.1, -0.05) is 20.8 Å². The molecule has 21 heavy (non-hydrogen) atoms. The minimum atomic E-state index is -0.962. The molecule has 2 rings (SSSR count). The Labute approximate surface area is 131 Å². The fourth-order valence-electron chi connectivity index (χ4n) is 2.11. The van der Waals surface area contributed by atoms with Crippen molar-refractivity contribution in [2.45, 2.75) is 44.5 Å². The number of carboxylic acids is 1. The second-order valence-corrected chi connectivity index (χ2v) is 7.19. The van der Waals surface area contributed by atoms with Crippen LogP contribution in [0.1, 0.15) is 38.8 Å². The van der Waals surface area contributed by atoms with Crippen LogP contribution in [0.5, 0.6) is 0 Å². The lowest BCUT2D eigenvalue weighted by Crippen LogP contribution is -2.47. The highest BCUT2D eigenvalue weighted by Crippen LogP contribution is 2.32. The normalized spacial score (nSPS) is 21.8. The van der Waals surface area contributed by atoms with Crippen LogP contribution in [0.2, 0.25) is 0 Å². The third-order valence-electron chi connectivity index (χ3n) is 3.29. The maximum Gasteiger partial charge on any atom is 0.327 e. The molecule has 0 aliphatic carbocycles. The number of amides is 2. The number of carboxylic acid groups (broad SMARTS) is 1. The monoisotopic (exact) mass is 329 g/mol. The first-order chi connectivity index (χ1) is 9.93. The molecule has 0 spiro atoms. The zero-order valence-corrected chi connectivity index (χ0v) is 13.8. The van der Waals surface area contributed by atoms with E-state index in [0.29, 0.717) is 16.8 Å². The van der Waals surface area contributed by atoms with Gasteiger partial charge in [0.15, 0.2) is 5.13 Å². The second kappa shape index (κ2) is 6.65. The summed E-state index contributed by atoms with van der Waals surface area (Å²) in [5.41, 5.74) is 0.924. The molecular formula is C13H19N3O3S2. The summed E-state index contributed by atoms with van der Waals surface area (Å²) in [5.74, 6) is -0.240. The molecular weight excluding hydrogens is 310 g/mol. The molecule has 2 amide bonds. The molecule has 0 saturated carbocycles. The van der Waals surface area contributed by atoms with E-state index in [1.54, 1.807) is 0 Å². The van der Waals surface area contributed by atoms with Crippen molar-refractivity contribution < 1.29 is 14.7 Å². The number of carbonyl (C=O) groups excluding carboxylic acids is 1. The second-order valence-electron chi connectivity index (χ2n) is 5.12. The molecule has 1 aromatic heterocycles. The Morgan fingerprint density at radius 1 is 1.57 bits per heavy atom. The van der Waals surface area contributed by atoms with Crippen molar-refractivity contribution in [2.75, 3.05) is 11.1 Å². The molecule has 1 aromatic rings. The minimum absolute atomic E-state index is 0.101. The molecule has 116 valence electrons. The van der Waals surface area contributed by atoms with Gasteiger partial charge in [-0.2, -0.15) is 0 Å². The van der Waals surface area contributed by atoms with Crippen molar-refractivity contribution in [3.63, 3.8) is 0 Å². The van der Waals surface area contributed by atoms with Crippen molar-refractivity contribution in [2.24, 2.45) is 0 Å². The van der Waals surface area contributed by atoms with Gasteiger partial charge >= 0.3 is 12.0 Å². The first-order valence-electron chi connectivity index (χ1n) is 6.83. The van der Waals surface area contributed by atoms with E-state index in [1.807, 2.05) is 26.2 Å². The SMILES string of the molecule is CCC1SCC(C(=O)O)N1C(=O)Nc1nc(C(C)C)cs1. The summed E-state index contributed by atoms with van der Waals surface area (Å²) in [6.45, 7) is 6.01. The van der Waals surface area contributed by atoms with Gasteiger partial charge in [-0.15, -0.1) is 23.1 Å². The molecule has 2 atom stereocenters. The maximum atomic E-state index is 12.4. The third-order valence-corrected chi connectivity index (χ3v) is 5.52. The Morgan fingerprint density at radius 3 is 2.81 bits per heavy atom. The quantitative estimate of drug-likeness (QED) is 0.887. The molecule has 1 aliphatic heterocycles. The molecule has 0 radical (unpaired) electrons. The Bertz CT molecular complexity index is 532. The highest BCUT2D eigenvalue weighted by atomic mass is 32.2. The van der Waals surface area contributed by atoms with Crippen LogP contribution in [0.4, 0.5) is 9.93 Å². The predicted molar refractivity (Wildman–Crippen MR) is 85.0 cm³/mol. The van der Waals surface area contributed by atoms with Crippen LogP contribution in [0.3, 0.4) is 0 Å². The van der Waals surface area contributed by atoms with Crippen LogP contribution < -0.4 is 5.32 Å².